The normalized spacial score (nSPS) is 12.2. The lowest BCUT2D eigenvalue weighted by molar-refractivity contribution is 0.290. The second-order valence-corrected chi connectivity index (χ2v) is 4.31. The van der Waals surface area contributed by atoms with E-state index in [1.807, 2.05) is 30.3 Å². The van der Waals surface area contributed by atoms with E-state index >= 15 is 0 Å². The van der Waals surface area contributed by atoms with Crippen LogP contribution in [0.4, 0.5) is 4.39 Å². The van der Waals surface area contributed by atoms with E-state index in [4.69, 9.17) is 22.1 Å². The van der Waals surface area contributed by atoms with E-state index < -0.39 is 5.82 Å². The highest BCUT2D eigenvalue weighted by molar-refractivity contribution is 6.30. The van der Waals surface area contributed by atoms with Gasteiger partial charge in [-0.05, 0) is 29.8 Å². The lowest BCUT2D eigenvalue weighted by Crippen LogP contribution is -2.19. The third-order valence-electron chi connectivity index (χ3n) is 2.54. The van der Waals surface area contributed by atoms with Crippen LogP contribution >= 0.6 is 11.6 Å². The molecule has 94 valence electrons. The first-order chi connectivity index (χ1) is 8.66. The van der Waals surface area contributed by atoms with Gasteiger partial charge in [-0.3, -0.25) is 0 Å². The van der Waals surface area contributed by atoms with E-state index in [-0.39, 0.29) is 11.1 Å². The van der Waals surface area contributed by atoms with Gasteiger partial charge in [0, 0.05) is 0 Å². The molecule has 18 heavy (non-hydrogen) atoms. The molecular weight excluding hydrogens is 253 g/mol. The average Bonchev–Trinajstić information content (AvgIpc) is 2.40. The lowest BCUT2D eigenvalue weighted by atomic mass is 10.1. The Morgan fingerprint density at radius 1 is 1.17 bits per heavy atom. The van der Waals surface area contributed by atoms with Gasteiger partial charge in [-0.2, -0.15) is 0 Å². The van der Waals surface area contributed by atoms with Crippen LogP contribution in [0.2, 0.25) is 5.02 Å². The SMILES string of the molecule is NC(COc1ccccc1)c1ccc(F)c(Cl)c1. The van der Waals surface area contributed by atoms with Crippen LogP contribution in [-0.2, 0) is 0 Å². The van der Waals surface area contributed by atoms with Crippen molar-refractivity contribution in [3.63, 3.8) is 0 Å². The van der Waals surface area contributed by atoms with Crippen molar-refractivity contribution in [1.82, 2.24) is 0 Å². The van der Waals surface area contributed by atoms with Gasteiger partial charge in [-0.1, -0.05) is 35.9 Å². The van der Waals surface area contributed by atoms with Crippen LogP contribution in [0.25, 0.3) is 0 Å². The molecule has 4 heteroatoms. The fourth-order valence-corrected chi connectivity index (χ4v) is 1.73. The van der Waals surface area contributed by atoms with Gasteiger partial charge in [-0.25, -0.2) is 4.39 Å². The van der Waals surface area contributed by atoms with Crippen LogP contribution in [0.5, 0.6) is 5.75 Å². The quantitative estimate of drug-likeness (QED) is 0.917. The zero-order valence-corrected chi connectivity index (χ0v) is 10.4. The Morgan fingerprint density at radius 2 is 1.89 bits per heavy atom. The summed E-state index contributed by atoms with van der Waals surface area (Å²) in [6.07, 6.45) is 0. The Kier molecular flexibility index (Phi) is 4.18. The molecule has 0 aromatic heterocycles. The summed E-state index contributed by atoms with van der Waals surface area (Å²) in [5.74, 6) is 0.303. The minimum absolute atomic E-state index is 0.0719. The van der Waals surface area contributed by atoms with Crippen molar-refractivity contribution >= 4 is 11.6 Å². The van der Waals surface area contributed by atoms with Crippen LogP contribution in [0.15, 0.2) is 48.5 Å². The Balaban J connectivity index is 1.99. The highest BCUT2D eigenvalue weighted by Crippen LogP contribution is 2.20. The zero-order chi connectivity index (χ0) is 13.0. The maximum atomic E-state index is 13.0. The topological polar surface area (TPSA) is 35.2 Å². The van der Waals surface area contributed by atoms with Crippen molar-refractivity contribution in [1.29, 1.82) is 0 Å². The molecule has 0 fully saturated rings. The minimum Gasteiger partial charge on any atom is -0.492 e. The smallest absolute Gasteiger partial charge is 0.141 e. The molecule has 2 N–H and O–H groups in total. The summed E-state index contributed by atoms with van der Waals surface area (Å²) in [5.41, 5.74) is 6.70. The fourth-order valence-electron chi connectivity index (χ4n) is 1.54. The number of ether oxygens (including phenoxy) is 1. The number of hydrogen-bond donors (Lipinski definition) is 1. The molecule has 0 amide bonds. The number of para-hydroxylation sites is 1. The molecule has 0 bridgehead atoms. The van der Waals surface area contributed by atoms with Crippen molar-refractivity contribution in [2.75, 3.05) is 6.61 Å². The Hall–Kier alpha value is -1.58. The molecule has 0 aliphatic carbocycles. The fraction of sp³-hybridized carbons (Fsp3) is 0.143. The number of benzene rings is 2. The maximum Gasteiger partial charge on any atom is 0.141 e. The molecule has 0 radical (unpaired) electrons. The molecule has 0 saturated carbocycles. The van der Waals surface area contributed by atoms with Gasteiger partial charge in [0.15, 0.2) is 0 Å². The number of halogens is 2. The van der Waals surface area contributed by atoms with Crippen LogP contribution < -0.4 is 10.5 Å². The number of hydrogen-bond acceptors (Lipinski definition) is 2. The molecule has 2 aromatic carbocycles. The van der Waals surface area contributed by atoms with Crippen LogP contribution in [0.3, 0.4) is 0 Å². The van der Waals surface area contributed by atoms with Gasteiger partial charge in [0.1, 0.15) is 18.2 Å². The van der Waals surface area contributed by atoms with E-state index in [1.54, 1.807) is 6.07 Å². The third kappa shape index (κ3) is 3.22. The van der Waals surface area contributed by atoms with Gasteiger partial charge < -0.3 is 10.5 Å². The molecule has 0 spiro atoms. The first-order valence-corrected chi connectivity index (χ1v) is 5.93. The Morgan fingerprint density at radius 3 is 2.56 bits per heavy atom. The number of nitrogens with two attached hydrogens (primary N) is 1. The predicted octanol–water partition coefficient (Wildman–Crippen LogP) is 3.56. The number of rotatable bonds is 4. The second-order valence-electron chi connectivity index (χ2n) is 3.90. The Bertz CT molecular complexity index is 518. The third-order valence-corrected chi connectivity index (χ3v) is 2.83. The largest absolute Gasteiger partial charge is 0.492 e. The van der Waals surface area contributed by atoms with Gasteiger partial charge in [0.05, 0.1) is 11.1 Å². The zero-order valence-electron chi connectivity index (χ0n) is 9.64. The molecular formula is C14H13ClFNO. The maximum absolute atomic E-state index is 13.0. The summed E-state index contributed by atoms with van der Waals surface area (Å²) in [5, 5.41) is 0.0719. The molecule has 2 aromatic rings. The molecule has 0 aliphatic heterocycles. The summed E-state index contributed by atoms with van der Waals surface area (Å²) in [7, 11) is 0. The summed E-state index contributed by atoms with van der Waals surface area (Å²) < 4.78 is 18.5. The van der Waals surface area contributed by atoms with Gasteiger partial charge >= 0.3 is 0 Å². The first-order valence-electron chi connectivity index (χ1n) is 5.55. The second kappa shape index (κ2) is 5.85. The summed E-state index contributed by atoms with van der Waals surface area (Å²) >= 11 is 5.70. The molecule has 0 aliphatic rings. The predicted molar refractivity (Wildman–Crippen MR) is 70.3 cm³/mol. The van der Waals surface area contributed by atoms with Crippen molar-refractivity contribution in [3.8, 4) is 5.75 Å². The molecule has 1 unspecified atom stereocenters. The molecule has 0 saturated heterocycles. The van der Waals surface area contributed by atoms with Crippen molar-refractivity contribution in [2.24, 2.45) is 5.73 Å². The van der Waals surface area contributed by atoms with E-state index in [9.17, 15) is 4.39 Å². The van der Waals surface area contributed by atoms with Gasteiger partial charge in [-0.15, -0.1) is 0 Å². The highest BCUT2D eigenvalue weighted by atomic mass is 35.5. The van der Waals surface area contributed by atoms with Crippen molar-refractivity contribution in [2.45, 2.75) is 6.04 Å². The van der Waals surface area contributed by atoms with Gasteiger partial charge in [0.2, 0.25) is 0 Å². The molecule has 0 heterocycles. The first kappa shape index (κ1) is 12.9. The van der Waals surface area contributed by atoms with Crippen molar-refractivity contribution < 1.29 is 9.13 Å². The standard InChI is InChI=1S/C14H13ClFNO/c15-12-8-10(6-7-13(12)16)14(17)9-18-11-4-2-1-3-5-11/h1-8,14H,9,17H2. The van der Waals surface area contributed by atoms with Gasteiger partial charge in [0.25, 0.3) is 0 Å². The lowest BCUT2D eigenvalue weighted by Gasteiger charge is -2.14. The summed E-state index contributed by atoms with van der Waals surface area (Å²) in [6, 6.07) is 13.5. The minimum atomic E-state index is -0.448. The van der Waals surface area contributed by atoms with Crippen LogP contribution in [-0.4, -0.2) is 6.61 Å². The van der Waals surface area contributed by atoms with Crippen LogP contribution in [0.1, 0.15) is 11.6 Å². The molecule has 1 atom stereocenters. The van der Waals surface area contributed by atoms with Crippen LogP contribution in [0, 0.1) is 5.82 Å². The van der Waals surface area contributed by atoms with E-state index in [1.165, 1.54) is 12.1 Å². The highest BCUT2D eigenvalue weighted by Gasteiger charge is 2.09. The monoisotopic (exact) mass is 265 g/mol. The molecule has 2 rings (SSSR count). The summed E-state index contributed by atoms with van der Waals surface area (Å²) in [6.45, 7) is 0.311. The Labute approximate surface area is 110 Å². The average molecular weight is 266 g/mol. The molecule has 2 nitrogen and oxygen atoms in total. The van der Waals surface area contributed by atoms with Crippen molar-refractivity contribution in [3.05, 3.63) is 64.9 Å². The summed E-state index contributed by atoms with van der Waals surface area (Å²) in [4.78, 5) is 0. The van der Waals surface area contributed by atoms with E-state index in [0.29, 0.717) is 6.61 Å². The van der Waals surface area contributed by atoms with E-state index in [2.05, 4.69) is 0 Å². The van der Waals surface area contributed by atoms with E-state index in [0.717, 1.165) is 11.3 Å².